The third-order valence-corrected chi connectivity index (χ3v) is 7.00. The van der Waals surface area contributed by atoms with Gasteiger partial charge in [0.1, 0.15) is 23.7 Å². The molecule has 46 heavy (non-hydrogen) atoms. The Bertz CT molecular complexity index is 1400. The molecular formula is C36H40O10. The summed E-state index contributed by atoms with van der Waals surface area (Å²) in [6.07, 6.45) is 7.95. The molecule has 0 heterocycles. The number of carbonyl (C=O) groups excluding carboxylic acids is 4. The van der Waals surface area contributed by atoms with Gasteiger partial charge in [0, 0.05) is 23.3 Å². The molecule has 10 heteroatoms. The van der Waals surface area contributed by atoms with E-state index in [9.17, 15) is 19.2 Å². The van der Waals surface area contributed by atoms with Gasteiger partial charge >= 0.3 is 23.9 Å². The Morgan fingerprint density at radius 1 is 0.674 bits per heavy atom. The topological polar surface area (TPSA) is 124 Å². The Kier molecular flexibility index (Phi) is 13.4. The lowest BCUT2D eigenvalue weighted by atomic mass is 9.95. The quantitative estimate of drug-likeness (QED) is 0.101. The smallest absolute Gasteiger partial charge is 0.335 e. The van der Waals surface area contributed by atoms with E-state index in [2.05, 4.69) is 13.2 Å². The molecule has 0 N–H and O–H groups in total. The Balaban J connectivity index is 1.38. The summed E-state index contributed by atoms with van der Waals surface area (Å²) >= 11 is 0. The first kappa shape index (κ1) is 35.4. The van der Waals surface area contributed by atoms with Crippen LogP contribution in [0.4, 0.5) is 0 Å². The number of benzene rings is 2. The lowest BCUT2D eigenvalue weighted by Crippen LogP contribution is -2.29. The number of aryl methyl sites for hydroxylation is 2. The van der Waals surface area contributed by atoms with Gasteiger partial charge in [-0.2, -0.15) is 0 Å². The zero-order chi connectivity index (χ0) is 33.6. The van der Waals surface area contributed by atoms with Gasteiger partial charge in [-0.15, -0.1) is 0 Å². The summed E-state index contributed by atoms with van der Waals surface area (Å²) in [4.78, 5) is 47.8. The highest BCUT2D eigenvalue weighted by Crippen LogP contribution is 2.25. The van der Waals surface area contributed by atoms with Gasteiger partial charge in [-0.1, -0.05) is 25.3 Å². The fourth-order valence-corrected chi connectivity index (χ4v) is 4.39. The van der Waals surface area contributed by atoms with Crippen LogP contribution >= 0.6 is 0 Å². The van der Waals surface area contributed by atoms with Crippen LogP contribution in [0.1, 0.15) is 61.8 Å². The predicted molar refractivity (Wildman–Crippen MR) is 171 cm³/mol. The van der Waals surface area contributed by atoms with Crippen molar-refractivity contribution in [3.63, 3.8) is 0 Å². The highest BCUT2D eigenvalue weighted by atomic mass is 16.7. The Hall–Kier alpha value is -5.12. The number of hydrogen-bond donors (Lipinski definition) is 0. The zero-order valence-corrected chi connectivity index (χ0v) is 26.7. The highest BCUT2D eigenvalue weighted by molar-refractivity contribution is 5.88. The van der Waals surface area contributed by atoms with E-state index in [4.69, 9.17) is 28.4 Å². The molecule has 0 saturated heterocycles. The SMILES string of the molecule is C=C(C)C(=O)OCOc1ccc(/C=C\C(=O)OC2CCC(OC(=O)/C=C/c3ccc(OCOC(=O)C(=C)C)cc3C)CC2)c(C)c1. The molecular weight excluding hydrogens is 592 g/mol. The standard InChI is InChI=1S/C36H40O10/c1-23(2)35(39)43-21-41-31-11-7-27(25(5)19-31)9-17-33(37)45-29-13-15-30(16-14-29)46-34(38)18-10-28-8-12-32(20-26(28)6)42-22-44-36(40)24(3)4/h7-12,17-20,29-30H,1,3,13-16,21-22H2,2,4-6H3/b17-9-,18-10+. The van der Waals surface area contributed by atoms with Gasteiger partial charge in [0.25, 0.3) is 0 Å². The van der Waals surface area contributed by atoms with Gasteiger partial charge < -0.3 is 28.4 Å². The van der Waals surface area contributed by atoms with Crippen molar-refractivity contribution in [2.75, 3.05) is 13.6 Å². The molecule has 1 fully saturated rings. The summed E-state index contributed by atoms with van der Waals surface area (Å²) in [5.74, 6) is -0.904. The minimum Gasteiger partial charge on any atom is -0.459 e. The van der Waals surface area contributed by atoms with Gasteiger partial charge in [-0.05, 0) is 112 Å². The van der Waals surface area contributed by atoms with E-state index in [1.807, 2.05) is 13.8 Å². The molecule has 1 aliphatic carbocycles. The molecule has 0 amide bonds. The molecule has 0 spiro atoms. The molecule has 244 valence electrons. The first-order valence-electron chi connectivity index (χ1n) is 14.8. The molecule has 10 nitrogen and oxygen atoms in total. The van der Waals surface area contributed by atoms with E-state index in [1.54, 1.807) is 62.4 Å². The Morgan fingerprint density at radius 3 is 1.37 bits per heavy atom. The van der Waals surface area contributed by atoms with Crippen molar-refractivity contribution in [2.24, 2.45) is 0 Å². The van der Waals surface area contributed by atoms with E-state index >= 15 is 0 Å². The van der Waals surface area contributed by atoms with Crippen molar-refractivity contribution in [1.29, 1.82) is 0 Å². The van der Waals surface area contributed by atoms with Crippen LogP contribution in [-0.4, -0.2) is 49.7 Å². The zero-order valence-electron chi connectivity index (χ0n) is 26.7. The summed E-state index contributed by atoms with van der Waals surface area (Å²) in [5, 5.41) is 0. The van der Waals surface area contributed by atoms with Crippen molar-refractivity contribution >= 4 is 36.0 Å². The molecule has 0 radical (unpaired) electrons. The Labute approximate surface area is 269 Å². The van der Waals surface area contributed by atoms with E-state index in [-0.39, 0.29) is 36.9 Å². The fourth-order valence-electron chi connectivity index (χ4n) is 4.39. The van der Waals surface area contributed by atoms with Crippen LogP contribution < -0.4 is 9.47 Å². The number of ether oxygens (including phenoxy) is 6. The maximum atomic E-state index is 12.4. The van der Waals surface area contributed by atoms with Gasteiger partial charge in [0.2, 0.25) is 13.6 Å². The average Bonchev–Trinajstić information content (AvgIpc) is 3.01. The lowest BCUT2D eigenvalue weighted by Gasteiger charge is -2.27. The van der Waals surface area contributed by atoms with Crippen molar-refractivity contribution in [2.45, 2.75) is 65.6 Å². The highest BCUT2D eigenvalue weighted by Gasteiger charge is 2.25. The van der Waals surface area contributed by atoms with Gasteiger partial charge in [-0.25, -0.2) is 19.2 Å². The minimum atomic E-state index is -0.526. The molecule has 3 rings (SSSR count). The van der Waals surface area contributed by atoms with Crippen molar-refractivity contribution in [3.8, 4) is 11.5 Å². The first-order valence-corrected chi connectivity index (χ1v) is 14.8. The van der Waals surface area contributed by atoms with E-state index in [1.165, 1.54) is 12.2 Å². The third-order valence-electron chi connectivity index (χ3n) is 7.00. The van der Waals surface area contributed by atoms with Crippen LogP contribution in [0.5, 0.6) is 11.5 Å². The van der Waals surface area contributed by atoms with E-state index < -0.39 is 23.9 Å². The summed E-state index contributed by atoms with van der Waals surface area (Å²) in [6.45, 7) is 13.4. The van der Waals surface area contributed by atoms with Crippen LogP contribution in [0.2, 0.25) is 0 Å². The van der Waals surface area contributed by atoms with Gasteiger partial charge in [0.15, 0.2) is 0 Å². The second-order valence-electron chi connectivity index (χ2n) is 10.9. The van der Waals surface area contributed by atoms with Crippen LogP contribution in [0.3, 0.4) is 0 Å². The molecule has 0 aliphatic heterocycles. The molecule has 1 aliphatic rings. The maximum absolute atomic E-state index is 12.4. The maximum Gasteiger partial charge on any atom is 0.335 e. The summed E-state index contributed by atoms with van der Waals surface area (Å²) in [7, 11) is 0. The molecule has 2 aromatic carbocycles. The van der Waals surface area contributed by atoms with Crippen molar-refractivity contribution < 1.29 is 47.6 Å². The summed E-state index contributed by atoms with van der Waals surface area (Å²) in [5.41, 5.74) is 3.93. The molecule has 0 atom stereocenters. The number of esters is 4. The van der Waals surface area contributed by atoms with E-state index in [0.717, 1.165) is 22.3 Å². The second-order valence-corrected chi connectivity index (χ2v) is 10.9. The minimum absolute atomic E-state index is 0.227. The fraction of sp³-hybridized carbons (Fsp3) is 0.333. The monoisotopic (exact) mass is 632 g/mol. The average molecular weight is 633 g/mol. The molecule has 0 bridgehead atoms. The third kappa shape index (κ3) is 11.8. The first-order chi connectivity index (χ1) is 21.9. The summed E-state index contributed by atoms with van der Waals surface area (Å²) < 4.78 is 31.9. The van der Waals surface area contributed by atoms with Crippen LogP contribution in [-0.2, 0) is 38.1 Å². The van der Waals surface area contributed by atoms with Crippen molar-refractivity contribution in [1.82, 2.24) is 0 Å². The molecule has 1 saturated carbocycles. The number of carbonyl (C=O) groups is 4. The van der Waals surface area contributed by atoms with Gasteiger partial charge in [-0.3, -0.25) is 0 Å². The van der Waals surface area contributed by atoms with Crippen molar-refractivity contribution in [3.05, 3.63) is 95.1 Å². The van der Waals surface area contributed by atoms with Crippen LogP contribution in [0.25, 0.3) is 12.2 Å². The number of hydrogen-bond acceptors (Lipinski definition) is 10. The van der Waals surface area contributed by atoms with Crippen LogP contribution in [0.15, 0.2) is 72.9 Å². The Morgan fingerprint density at radius 2 is 1.04 bits per heavy atom. The molecule has 0 unspecified atom stereocenters. The second kappa shape index (κ2) is 17.4. The predicted octanol–water partition coefficient (Wildman–Crippen LogP) is 6.34. The largest absolute Gasteiger partial charge is 0.459 e. The lowest BCUT2D eigenvalue weighted by molar-refractivity contribution is -0.151. The van der Waals surface area contributed by atoms with Gasteiger partial charge in [0.05, 0.1) is 0 Å². The van der Waals surface area contributed by atoms with Crippen LogP contribution in [0, 0.1) is 13.8 Å². The molecule has 2 aromatic rings. The van der Waals surface area contributed by atoms with E-state index in [0.29, 0.717) is 37.2 Å². The molecule has 0 aromatic heterocycles. The number of rotatable bonds is 14. The summed E-state index contributed by atoms with van der Waals surface area (Å²) in [6, 6.07) is 10.6. The normalized spacial score (nSPS) is 16.0.